The van der Waals surface area contributed by atoms with Gasteiger partial charge in [0.25, 0.3) is 5.91 Å². The molecule has 22 heavy (non-hydrogen) atoms. The van der Waals surface area contributed by atoms with Gasteiger partial charge in [0.05, 0.1) is 5.56 Å². The molecule has 0 aliphatic carbocycles. The second-order valence-electron chi connectivity index (χ2n) is 4.46. The van der Waals surface area contributed by atoms with E-state index in [1.807, 2.05) is 0 Å². The molecule has 4 nitrogen and oxygen atoms in total. The summed E-state index contributed by atoms with van der Waals surface area (Å²) in [6, 6.07) is 12.6. The molecule has 0 saturated carbocycles. The summed E-state index contributed by atoms with van der Waals surface area (Å²) in [5.74, 6) is -1.34. The Bertz CT molecular complexity index is 673. The van der Waals surface area contributed by atoms with E-state index in [2.05, 4.69) is 21.2 Å². The maximum Gasteiger partial charge on any atom is 0.339 e. The first-order valence-electron chi connectivity index (χ1n) is 6.49. The number of benzene rings is 2. The molecule has 1 N–H and O–H groups in total. The lowest BCUT2D eigenvalue weighted by Gasteiger charge is -2.07. The Morgan fingerprint density at radius 3 is 2.45 bits per heavy atom. The van der Waals surface area contributed by atoms with Gasteiger partial charge in [0.1, 0.15) is 5.82 Å². The summed E-state index contributed by atoms with van der Waals surface area (Å²) in [4.78, 5) is 23.4. The fourth-order valence-electron chi connectivity index (χ4n) is 1.69. The molecule has 0 saturated heterocycles. The minimum absolute atomic E-state index is 0.242. The Kier molecular flexibility index (Phi) is 5.66. The number of hydrogen-bond donors (Lipinski definition) is 1. The number of nitrogens with one attached hydrogen (secondary N) is 1. The Morgan fingerprint density at radius 1 is 1.09 bits per heavy atom. The molecule has 0 heterocycles. The zero-order valence-electron chi connectivity index (χ0n) is 11.5. The van der Waals surface area contributed by atoms with Crippen molar-refractivity contribution in [3.8, 4) is 0 Å². The van der Waals surface area contributed by atoms with E-state index in [9.17, 15) is 14.0 Å². The minimum atomic E-state index is -0.579. The van der Waals surface area contributed by atoms with Gasteiger partial charge in [-0.3, -0.25) is 4.79 Å². The normalized spacial score (nSPS) is 10.1. The molecule has 0 unspecified atom stereocenters. The third-order valence-corrected chi connectivity index (χ3v) is 3.52. The molecule has 0 aromatic heterocycles. The van der Waals surface area contributed by atoms with Crippen LogP contribution < -0.4 is 5.32 Å². The van der Waals surface area contributed by atoms with Crippen molar-refractivity contribution in [2.45, 2.75) is 6.54 Å². The van der Waals surface area contributed by atoms with E-state index in [4.69, 9.17) is 4.74 Å². The van der Waals surface area contributed by atoms with E-state index in [0.29, 0.717) is 10.0 Å². The smallest absolute Gasteiger partial charge is 0.339 e. The predicted molar refractivity (Wildman–Crippen MR) is 82.7 cm³/mol. The van der Waals surface area contributed by atoms with Crippen LogP contribution >= 0.6 is 15.9 Å². The van der Waals surface area contributed by atoms with Gasteiger partial charge in [0.2, 0.25) is 0 Å². The van der Waals surface area contributed by atoms with E-state index in [0.717, 1.165) is 5.56 Å². The lowest BCUT2D eigenvalue weighted by atomic mass is 10.2. The van der Waals surface area contributed by atoms with Gasteiger partial charge in [0, 0.05) is 11.0 Å². The lowest BCUT2D eigenvalue weighted by molar-refractivity contribution is -0.124. The Hall–Kier alpha value is -2.21. The largest absolute Gasteiger partial charge is 0.452 e. The third-order valence-electron chi connectivity index (χ3n) is 2.83. The van der Waals surface area contributed by atoms with Gasteiger partial charge in [-0.15, -0.1) is 0 Å². The summed E-state index contributed by atoms with van der Waals surface area (Å²) < 4.78 is 18.3. The van der Waals surface area contributed by atoms with Crippen molar-refractivity contribution >= 4 is 27.8 Å². The van der Waals surface area contributed by atoms with Crippen molar-refractivity contribution in [3.63, 3.8) is 0 Å². The first kappa shape index (κ1) is 16.2. The van der Waals surface area contributed by atoms with Crippen LogP contribution in [0.15, 0.2) is 53.0 Å². The average Bonchev–Trinajstić information content (AvgIpc) is 2.52. The van der Waals surface area contributed by atoms with E-state index in [1.54, 1.807) is 36.4 Å². The number of carbonyl (C=O) groups is 2. The number of halogens is 2. The number of ether oxygens (including phenoxy) is 1. The monoisotopic (exact) mass is 365 g/mol. The first-order chi connectivity index (χ1) is 10.6. The topological polar surface area (TPSA) is 55.4 Å². The number of esters is 1. The molecule has 0 fully saturated rings. The van der Waals surface area contributed by atoms with E-state index < -0.39 is 11.9 Å². The molecule has 0 spiro atoms. The molecule has 2 rings (SSSR count). The highest BCUT2D eigenvalue weighted by Crippen LogP contribution is 2.16. The maximum absolute atomic E-state index is 12.7. The van der Waals surface area contributed by atoms with E-state index >= 15 is 0 Å². The molecule has 6 heteroatoms. The summed E-state index contributed by atoms with van der Waals surface area (Å²) in [6.07, 6.45) is 0. The van der Waals surface area contributed by atoms with Crippen LogP contribution in [0, 0.1) is 5.82 Å². The van der Waals surface area contributed by atoms with Crippen LogP contribution in [0.1, 0.15) is 15.9 Å². The van der Waals surface area contributed by atoms with Crippen molar-refractivity contribution in [2.24, 2.45) is 0 Å². The van der Waals surface area contributed by atoms with Crippen LogP contribution in [0.2, 0.25) is 0 Å². The molecule has 1 amide bonds. The van der Waals surface area contributed by atoms with E-state index in [-0.39, 0.29) is 19.0 Å². The number of rotatable bonds is 5. The first-order valence-corrected chi connectivity index (χ1v) is 7.28. The van der Waals surface area contributed by atoms with Gasteiger partial charge in [0.15, 0.2) is 6.61 Å². The van der Waals surface area contributed by atoms with Crippen molar-refractivity contribution in [1.29, 1.82) is 0 Å². The van der Waals surface area contributed by atoms with Crippen molar-refractivity contribution in [1.82, 2.24) is 5.32 Å². The van der Waals surface area contributed by atoms with Crippen molar-refractivity contribution in [2.75, 3.05) is 6.61 Å². The van der Waals surface area contributed by atoms with Gasteiger partial charge >= 0.3 is 5.97 Å². The molecule has 2 aromatic rings. The maximum atomic E-state index is 12.7. The molecule has 0 aliphatic heterocycles. The van der Waals surface area contributed by atoms with Crippen LogP contribution in [-0.4, -0.2) is 18.5 Å². The van der Waals surface area contributed by atoms with Crippen LogP contribution in [0.25, 0.3) is 0 Å². The molecule has 114 valence electrons. The zero-order valence-corrected chi connectivity index (χ0v) is 13.1. The highest BCUT2D eigenvalue weighted by atomic mass is 79.9. The predicted octanol–water partition coefficient (Wildman–Crippen LogP) is 3.06. The molecule has 0 radical (unpaired) electrons. The molecule has 0 aliphatic rings. The average molecular weight is 366 g/mol. The fourth-order valence-corrected chi connectivity index (χ4v) is 2.14. The van der Waals surface area contributed by atoms with Crippen molar-refractivity contribution < 1.29 is 18.7 Å². The van der Waals surface area contributed by atoms with Crippen LogP contribution in [0.3, 0.4) is 0 Å². The minimum Gasteiger partial charge on any atom is -0.452 e. The number of carbonyl (C=O) groups excluding carboxylic acids is 2. The summed E-state index contributed by atoms with van der Waals surface area (Å²) in [7, 11) is 0. The highest BCUT2D eigenvalue weighted by Gasteiger charge is 2.12. The molecule has 0 bridgehead atoms. The summed E-state index contributed by atoms with van der Waals surface area (Å²) in [5, 5.41) is 2.59. The van der Waals surface area contributed by atoms with Gasteiger partial charge in [-0.25, -0.2) is 9.18 Å². The lowest BCUT2D eigenvalue weighted by Crippen LogP contribution is -2.28. The van der Waals surface area contributed by atoms with E-state index in [1.165, 1.54) is 12.1 Å². The molecular weight excluding hydrogens is 353 g/mol. The van der Waals surface area contributed by atoms with Gasteiger partial charge < -0.3 is 10.1 Å². The summed E-state index contributed by atoms with van der Waals surface area (Å²) >= 11 is 3.24. The second kappa shape index (κ2) is 7.70. The highest BCUT2D eigenvalue weighted by molar-refractivity contribution is 9.10. The third kappa shape index (κ3) is 4.66. The van der Waals surface area contributed by atoms with Gasteiger partial charge in [-0.2, -0.15) is 0 Å². The van der Waals surface area contributed by atoms with Crippen LogP contribution in [0.4, 0.5) is 4.39 Å². The zero-order chi connectivity index (χ0) is 15.9. The standard InChI is InChI=1S/C16H13BrFNO3/c17-14-4-2-1-3-13(14)16(21)22-10-15(20)19-9-11-5-7-12(18)8-6-11/h1-8H,9-10H2,(H,19,20). The quantitative estimate of drug-likeness (QED) is 0.828. The fraction of sp³-hybridized carbons (Fsp3) is 0.125. The van der Waals surface area contributed by atoms with Gasteiger partial charge in [-0.05, 0) is 45.8 Å². The Morgan fingerprint density at radius 2 is 1.77 bits per heavy atom. The molecule has 2 aromatic carbocycles. The van der Waals surface area contributed by atoms with Crippen LogP contribution in [0.5, 0.6) is 0 Å². The SMILES string of the molecule is O=C(COC(=O)c1ccccc1Br)NCc1ccc(F)cc1. The number of hydrogen-bond acceptors (Lipinski definition) is 3. The second-order valence-corrected chi connectivity index (χ2v) is 5.31. The van der Waals surface area contributed by atoms with Crippen LogP contribution in [-0.2, 0) is 16.1 Å². The number of amides is 1. The Balaban J connectivity index is 1.79. The molecule has 0 atom stereocenters. The Labute approximate surface area is 135 Å². The van der Waals surface area contributed by atoms with Crippen molar-refractivity contribution in [3.05, 3.63) is 69.9 Å². The van der Waals surface area contributed by atoms with Gasteiger partial charge in [-0.1, -0.05) is 24.3 Å². The summed E-state index contributed by atoms with van der Waals surface area (Å²) in [5.41, 5.74) is 1.11. The molecular formula is C16H13BrFNO3. The summed E-state index contributed by atoms with van der Waals surface area (Å²) in [6.45, 7) is -0.132.